The van der Waals surface area contributed by atoms with Gasteiger partial charge in [-0.25, -0.2) is 0 Å². The molecule has 1 atom stereocenters. The fraction of sp³-hybridized carbons (Fsp3) is 0.333. The second-order valence-corrected chi connectivity index (χ2v) is 5.40. The largest absolute Gasteiger partial charge is 0.508 e. The van der Waals surface area contributed by atoms with Gasteiger partial charge in [0.2, 0.25) is 0 Å². The maximum absolute atomic E-state index is 9.91. The third-order valence-corrected chi connectivity index (χ3v) is 3.83. The number of aromatic hydroxyl groups is 1. The Balaban J connectivity index is 1.89. The highest BCUT2D eigenvalue weighted by molar-refractivity contribution is 7.07. The summed E-state index contributed by atoms with van der Waals surface area (Å²) in [5.41, 5.74) is 3.42. The van der Waals surface area contributed by atoms with Crippen molar-refractivity contribution >= 4 is 11.3 Å². The van der Waals surface area contributed by atoms with E-state index in [0.29, 0.717) is 5.75 Å². The first-order valence-electron chi connectivity index (χ1n) is 6.21. The number of aryl methyl sites for hydroxylation is 1. The minimum absolute atomic E-state index is 0.171. The van der Waals surface area contributed by atoms with Gasteiger partial charge in [0.25, 0.3) is 0 Å². The quantitative estimate of drug-likeness (QED) is 0.861. The Morgan fingerprint density at radius 3 is 2.83 bits per heavy atom. The van der Waals surface area contributed by atoms with Crippen LogP contribution < -0.4 is 5.32 Å². The van der Waals surface area contributed by atoms with Gasteiger partial charge >= 0.3 is 0 Å². The molecular weight excluding hydrogens is 242 g/mol. The predicted octanol–water partition coefficient (Wildman–Crippen LogP) is 3.66. The van der Waals surface area contributed by atoms with E-state index in [-0.39, 0.29) is 6.04 Å². The second kappa shape index (κ2) is 6.03. The summed E-state index contributed by atoms with van der Waals surface area (Å²) in [6.45, 7) is 4.99. The molecule has 2 aromatic rings. The number of rotatable bonds is 5. The monoisotopic (exact) mass is 261 g/mol. The number of phenols is 1. The van der Waals surface area contributed by atoms with Crippen LogP contribution in [0.2, 0.25) is 0 Å². The molecule has 0 aliphatic heterocycles. The van der Waals surface area contributed by atoms with Crippen LogP contribution >= 0.6 is 11.3 Å². The summed E-state index contributed by atoms with van der Waals surface area (Å²) < 4.78 is 0. The molecule has 0 saturated carbocycles. The molecule has 96 valence electrons. The molecule has 1 unspecified atom stereocenters. The molecule has 0 bridgehead atoms. The highest BCUT2D eigenvalue weighted by Gasteiger charge is 2.09. The lowest BCUT2D eigenvalue weighted by Crippen LogP contribution is -2.21. The molecule has 3 heteroatoms. The van der Waals surface area contributed by atoms with E-state index in [1.165, 1.54) is 5.56 Å². The molecule has 0 spiro atoms. The van der Waals surface area contributed by atoms with Crippen molar-refractivity contribution in [3.8, 4) is 5.75 Å². The standard InChI is InChI=1S/C15H19NOS/c1-11-3-4-14(15(17)9-11)12(2)16-7-5-13-6-8-18-10-13/h3-4,6,8-10,12,16-17H,5,7H2,1-2H3. The summed E-state index contributed by atoms with van der Waals surface area (Å²) in [7, 11) is 0. The molecule has 1 aromatic carbocycles. The second-order valence-electron chi connectivity index (χ2n) is 4.62. The smallest absolute Gasteiger partial charge is 0.120 e. The zero-order chi connectivity index (χ0) is 13.0. The fourth-order valence-corrected chi connectivity index (χ4v) is 2.70. The van der Waals surface area contributed by atoms with E-state index in [0.717, 1.165) is 24.1 Å². The van der Waals surface area contributed by atoms with Crippen molar-refractivity contribution in [1.29, 1.82) is 0 Å². The molecule has 18 heavy (non-hydrogen) atoms. The lowest BCUT2D eigenvalue weighted by atomic mass is 10.0. The fourth-order valence-electron chi connectivity index (χ4n) is 2.00. The molecule has 1 aromatic heterocycles. The third-order valence-electron chi connectivity index (χ3n) is 3.10. The molecule has 0 fully saturated rings. The van der Waals surface area contributed by atoms with Crippen molar-refractivity contribution in [3.05, 3.63) is 51.7 Å². The van der Waals surface area contributed by atoms with Crippen molar-refractivity contribution in [2.75, 3.05) is 6.54 Å². The van der Waals surface area contributed by atoms with Crippen molar-refractivity contribution < 1.29 is 5.11 Å². The van der Waals surface area contributed by atoms with Crippen LogP contribution in [-0.4, -0.2) is 11.7 Å². The highest BCUT2D eigenvalue weighted by Crippen LogP contribution is 2.24. The van der Waals surface area contributed by atoms with Crippen LogP contribution in [0.4, 0.5) is 0 Å². The number of hydrogen-bond donors (Lipinski definition) is 2. The summed E-state index contributed by atoms with van der Waals surface area (Å²) in [5.74, 6) is 0.380. The van der Waals surface area contributed by atoms with Gasteiger partial charge in [0.05, 0.1) is 0 Å². The summed E-state index contributed by atoms with van der Waals surface area (Å²) in [5, 5.41) is 17.6. The van der Waals surface area contributed by atoms with Crippen molar-refractivity contribution in [2.45, 2.75) is 26.3 Å². The maximum atomic E-state index is 9.91. The first-order chi connectivity index (χ1) is 8.66. The van der Waals surface area contributed by atoms with Crippen LogP contribution in [0.15, 0.2) is 35.0 Å². The number of phenolic OH excluding ortho intramolecular Hbond substituents is 1. The van der Waals surface area contributed by atoms with Crippen molar-refractivity contribution in [2.24, 2.45) is 0 Å². The number of hydrogen-bond acceptors (Lipinski definition) is 3. The molecule has 2 rings (SSSR count). The van der Waals surface area contributed by atoms with Gasteiger partial charge in [-0.3, -0.25) is 0 Å². The number of benzene rings is 1. The van der Waals surface area contributed by atoms with E-state index in [4.69, 9.17) is 0 Å². The van der Waals surface area contributed by atoms with Crippen LogP contribution in [-0.2, 0) is 6.42 Å². The molecule has 0 aliphatic carbocycles. The zero-order valence-electron chi connectivity index (χ0n) is 10.8. The number of thiophene rings is 1. The Morgan fingerprint density at radius 1 is 1.33 bits per heavy atom. The minimum Gasteiger partial charge on any atom is -0.508 e. The molecule has 2 nitrogen and oxygen atoms in total. The Bertz CT molecular complexity index is 493. The van der Waals surface area contributed by atoms with Crippen LogP contribution in [0.25, 0.3) is 0 Å². The van der Waals surface area contributed by atoms with Gasteiger partial charge in [-0.15, -0.1) is 0 Å². The van der Waals surface area contributed by atoms with Gasteiger partial charge in [0.15, 0.2) is 0 Å². The van der Waals surface area contributed by atoms with Gasteiger partial charge < -0.3 is 10.4 Å². The molecule has 0 aliphatic rings. The van der Waals surface area contributed by atoms with Crippen molar-refractivity contribution in [3.63, 3.8) is 0 Å². The minimum atomic E-state index is 0.171. The van der Waals surface area contributed by atoms with Crippen LogP contribution in [0.3, 0.4) is 0 Å². The summed E-state index contributed by atoms with van der Waals surface area (Å²) >= 11 is 1.73. The van der Waals surface area contributed by atoms with Gasteiger partial charge in [-0.05, 0) is 60.8 Å². The number of nitrogens with one attached hydrogen (secondary N) is 1. The predicted molar refractivity (Wildman–Crippen MR) is 77.3 cm³/mol. The van der Waals surface area contributed by atoms with Gasteiger partial charge in [0, 0.05) is 11.6 Å². The molecule has 0 radical (unpaired) electrons. The maximum Gasteiger partial charge on any atom is 0.120 e. The molecule has 2 N–H and O–H groups in total. The van der Waals surface area contributed by atoms with E-state index in [2.05, 4.69) is 29.1 Å². The Labute approximate surface area is 112 Å². The molecule has 0 amide bonds. The lowest BCUT2D eigenvalue weighted by Gasteiger charge is -2.15. The average molecular weight is 261 g/mol. The Hall–Kier alpha value is -1.32. The summed E-state index contributed by atoms with van der Waals surface area (Å²) in [4.78, 5) is 0. The molecular formula is C15H19NOS. The summed E-state index contributed by atoms with van der Waals surface area (Å²) in [6, 6.07) is 8.16. The first-order valence-corrected chi connectivity index (χ1v) is 7.15. The van der Waals surface area contributed by atoms with Gasteiger partial charge in [-0.1, -0.05) is 12.1 Å². The van der Waals surface area contributed by atoms with E-state index in [9.17, 15) is 5.11 Å². The summed E-state index contributed by atoms with van der Waals surface area (Å²) in [6.07, 6.45) is 1.03. The van der Waals surface area contributed by atoms with E-state index < -0.39 is 0 Å². The average Bonchev–Trinajstić information content (AvgIpc) is 2.81. The van der Waals surface area contributed by atoms with Crippen LogP contribution in [0, 0.1) is 6.92 Å². The SMILES string of the molecule is Cc1ccc(C(C)NCCc2ccsc2)c(O)c1. The Morgan fingerprint density at radius 2 is 2.17 bits per heavy atom. The molecule has 0 saturated heterocycles. The third kappa shape index (κ3) is 3.34. The van der Waals surface area contributed by atoms with E-state index >= 15 is 0 Å². The van der Waals surface area contributed by atoms with Gasteiger partial charge in [0.1, 0.15) is 5.75 Å². The van der Waals surface area contributed by atoms with E-state index in [1.54, 1.807) is 11.3 Å². The van der Waals surface area contributed by atoms with Gasteiger partial charge in [-0.2, -0.15) is 11.3 Å². The first kappa shape index (κ1) is 13.1. The molecule has 1 heterocycles. The normalized spacial score (nSPS) is 12.6. The highest BCUT2D eigenvalue weighted by atomic mass is 32.1. The van der Waals surface area contributed by atoms with Crippen LogP contribution in [0.5, 0.6) is 5.75 Å². The topological polar surface area (TPSA) is 32.3 Å². The van der Waals surface area contributed by atoms with Crippen molar-refractivity contribution in [1.82, 2.24) is 5.32 Å². The zero-order valence-corrected chi connectivity index (χ0v) is 11.6. The Kier molecular flexibility index (Phi) is 4.39. The lowest BCUT2D eigenvalue weighted by molar-refractivity contribution is 0.453. The van der Waals surface area contributed by atoms with E-state index in [1.807, 2.05) is 25.1 Å². The van der Waals surface area contributed by atoms with Crippen LogP contribution in [0.1, 0.15) is 29.7 Å².